The monoisotopic (exact) mass is 338 g/mol. The standard InChI is InChI=1S/C14H15FN4O3S/c1-22-12-2-4-13(5-3-12)23(20,21)19-8-11(9-19)18-14-16-6-10(15)7-17-14/h2-7,11H,8-9H2,1H3,(H,16,17,18). The van der Waals surface area contributed by atoms with Crippen molar-refractivity contribution in [2.75, 3.05) is 25.5 Å². The van der Waals surface area contributed by atoms with Crippen molar-refractivity contribution < 1.29 is 17.5 Å². The van der Waals surface area contributed by atoms with Gasteiger partial charge in [0, 0.05) is 13.1 Å². The van der Waals surface area contributed by atoms with Gasteiger partial charge in [-0.15, -0.1) is 0 Å². The van der Waals surface area contributed by atoms with Gasteiger partial charge in [-0.3, -0.25) is 0 Å². The van der Waals surface area contributed by atoms with E-state index in [1.807, 2.05) is 0 Å². The largest absolute Gasteiger partial charge is 0.497 e. The van der Waals surface area contributed by atoms with Crippen LogP contribution in [0.25, 0.3) is 0 Å². The van der Waals surface area contributed by atoms with Crippen LogP contribution in [0, 0.1) is 5.82 Å². The molecule has 0 saturated carbocycles. The van der Waals surface area contributed by atoms with E-state index in [1.165, 1.54) is 23.5 Å². The van der Waals surface area contributed by atoms with E-state index >= 15 is 0 Å². The van der Waals surface area contributed by atoms with Gasteiger partial charge in [0.2, 0.25) is 16.0 Å². The molecular weight excluding hydrogens is 323 g/mol. The van der Waals surface area contributed by atoms with Gasteiger partial charge in [-0.1, -0.05) is 0 Å². The molecule has 0 atom stereocenters. The summed E-state index contributed by atoms with van der Waals surface area (Å²) in [5, 5.41) is 2.96. The summed E-state index contributed by atoms with van der Waals surface area (Å²) < 4.78 is 44.0. The van der Waals surface area contributed by atoms with Crippen molar-refractivity contribution >= 4 is 16.0 Å². The third-order valence-corrected chi connectivity index (χ3v) is 5.34. The van der Waals surface area contributed by atoms with Gasteiger partial charge in [-0.25, -0.2) is 22.8 Å². The molecule has 1 saturated heterocycles. The highest BCUT2D eigenvalue weighted by molar-refractivity contribution is 7.89. The smallest absolute Gasteiger partial charge is 0.243 e. The molecule has 0 unspecified atom stereocenters. The van der Waals surface area contributed by atoms with Crippen molar-refractivity contribution in [3.8, 4) is 5.75 Å². The van der Waals surface area contributed by atoms with E-state index in [4.69, 9.17) is 4.74 Å². The Hall–Kier alpha value is -2.26. The van der Waals surface area contributed by atoms with Crippen molar-refractivity contribution in [3.05, 3.63) is 42.5 Å². The summed E-state index contributed by atoms with van der Waals surface area (Å²) in [5.74, 6) is 0.353. The minimum absolute atomic E-state index is 0.103. The molecule has 0 spiro atoms. The van der Waals surface area contributed by atoms with Crippen LogP contribution in [-0.2, 0) is 10.0 Å². The lowest BCUT2D eigenvalue weighted by molar-refractivity contribution is 0.280. The van der Waals surface area contributed by atoms with Gasteiger partial charge in [-0.05, 0) is 24.3 Å². The maximum atomic E-state index is 12.7. The second-order valence-corrected chi connectivity index (χ2v) is 7.00. The molecule has 0 radical (unpaired) electrons. The van der Waals surface area contributed by atoms with Gasteiger partial charge in [0.1, 0.15) is 5.75 Å². The van der Waals surface area contributed by atoms with E-state index in [0.717, 1.165) is 12.4 Å². The highest BCUT2D eigenvalue weighted by Crippen LogP contribution is 2.24. The number of nitrogens with one attached hydrogen (secondary N) is 1. The fourth-order valence-corrected chi connectivity index (χ4v) is 3.72. The van der Waals surface area contributed by atoms with Crippen LogP contribution in [0.2, 0.25) is 0 Å². The number of hydrogen-bond donors (Lipinski definition) is 1. The van der Waals surface area contributed by atoms with E-state index in [9.17, 15) is 12.8 Å². The third-order valence-electron chi connectivity index (χ3n) is 3.50. The second kappa shape index (κ2) is 6.09. The number of benzene rings is 1. The zero-order valence-corrected chi connectivity index (χ0v) is 13.1. The Labute approximate surface area is 133 Å². The molecule has 122 valence electrons. The van der Waals surface area contributed by atoms with Gasteiger partial charge < -0.3 is 10.1 Å². The Morgan fingerprint density at radius 2 is 1.83 bits per heavy atom. The summed E-state index contributed by atoms with van der Waals surface area (Å²) in [6, 6.07) is 6.13. The summed E-state index contributed by atoms with van der Waals surface area (Å²) in [6.07, 6.45) is 2.11. The molecule has 1 aromatic carbocycles. The van der Waals surface area contributed by atoms with Crippen LogP contribution in [0.15, 0.2) is 41.6 Å². The zero-order valence-electron chi connectivity index (χ0n) is 12.3. The molecular formula is C14H15FN4O3S. The molecule has 0 amide bonds. The zero-order chi connectivity index (χ0) is 16.4. The fourth-order valence-electron chi connectivity index (χ4n) is 2.19. The lowest BCUT2D eigenvalue weighted by Gasteiger charge is -2.38. The quantitative estimate of drug-likeness (QED) is 0.879. The Kier molecular flexibility index (Phi) is 4.14. The number of hydrogen-bond acceptors (Lipinski definition) is 6. The van der Waals surface area contributed by atoms with E-state index in [1.54, 1.807) is 12.1 Å². The highest BCUT2D eigenvalue weighted by atomic mass is 32.2. The molecule has 7 nitrogen and oxygen atoms in total. The number of rotatable bonds is 5. The van der Waals surface area contributed by atoms with Crippen molar-refractivity contribution in [2.45, 2.75) is 10.9 Å². The first-order valence-electron chi connectivity index (χ1n) is 6.87. The first kappa shape index (κ1) is 15.6. The summed E-state index contributed by atoms with van der Waals surface area (Å²) >= 11 is 0. The van der Waals surface area contributed by atoms with Gasteiger partial charge in [-0.2, -0.15) is 4.31 Å². The topological polar surface area (TPSA) is 84.4 Å². The second-order valence-electron chi connectivity index (χ2n) is 5.06. The number of sulfonamides is 1. The van der Waals surface area contributed by atoms with E-state index in [0.29, 0.717) is 18.8 Å². The number of aromatic nitrogens is 2. The molecule has 0 bridgehead atoms. The molecule has 1 aromatic heterocycles. The highest BCUT2D eigenvalue weighted by Gasteiger charge is 2.37. The fraction of sp³-hybridized carbons (Fsp3) is 0.286. The van der Waals surface area contributed by atoms with Crippen LogP contribution < -0.4 is 10.1 Å². The molecule has 2 aromatic rings. The first-order chi connectivity index (χ1) is 11.0. The Balaban J connectivity index is 1.62. The van der Waals surface area contributed by atoms with Crippen LogP contribution in [-0.4, -0.2) is 48.9 Å². The molecule has 1 N–H and O–H groups in total. The van der Waals surface area contributed by atoms with Crippen molar-refractivity contribution in [1.29, 1.82) is 0 Å². The van der Waals surface area contributed by atoms with Crippen LogP contribution in [0.5, 0.6) is 5.75 Å². The molecule has 1 fully saturated rings. The number of methoxy groups -OCH3 is 1. The van der Waals surface area contributed by atoms with Crippen LogP contribution in [0.1, 0.15) is 0 Å². The van der Waals surface area contributed by atoms with E-state index in [2.05, 4.69) is 15.3 Å². The molecule has 1 aliphatic heterocycles. The molecule has 0 aliphatic carbocycles. The summed E-state index contributed by atoms with van der Waals surface area (Å²) in [6.45, 7) is 0.601. The van der Waals surface area contributed by atoms with E-state index in [-0.39, 0.29) is 16.9 Å². The lowest BCUT2D eigenvalue weighted by Crippen LogP contribution is -2.56. The van der Waals surface area contributed by atoms with Gasteiger partial charge in [0.25, 0.3) is 0 Å². The number of anilines is 1. The van der Waals surface area contributed by atoms with E-state index < -0.39 is 15.8 Å². The number of ether oxygens (including phenoxy) is 1. The van der Waals surface area contributed by atoms with Gasteiger partial charge in [0.05, 0.1) is 30.4 Å². The summed E-state index contributed by atoms with van der Waals surface area (Å²) in [4.78, 5) is 7.79. The predicted octanol–water partition coefficient (Wildman–Crippen LogP) is 1.11. The summed E-state index contributed by atoms with van der Waals surface area (Å²) in [5.41, 5.74) is 0. The lowest BCUT2D eigenvalue weighted by atomic mass is 10.2. The minimum atomic E-state index is -3.52. The number of halogens is 1. The normalized spacial score (nSPS) is 15.9. The average Bonchev–Trinajstić information content (AvgIpc) is 2.52. The maximum Gasteiger partial charge on any atom is 0.243 e. The van der Waals surface area contributed by atoms with Crippen LogP contribution in [0.3, 0.4) is 0 Å². The van der Waals surface area contributed by atoms with Crippen LogP contribution in [0.4, 0.5) is 10.3 Å². The SMILES string of the molecule is COc1ccc(S(=O)(=O)N2CC(Nc3ncc(F)cn3)C2)cc1. The van der Waals surface area contributed by atoms with Gasteiger partial charge >= 0.3 is 0 Å². The number of nitrogens with zero attached hydrogens (tertiary/aromatic N) is 3. The Bertz CT molecular complexity index is 775. The molecule has 3 rings (SSSR count). The Morgan fingerprint density at radius 3 is 2.39 bits per heavy atom. The maximum absolute atomic E-state index is 12.7. The first-order valence-corrected chi connectivity index (χ1v) is 8.31. The minimum Gasteiger partial charge on any atom is -0.497 e. The van der Waals surface area contributed by atoms with Crippen molar-refractivity contribution in [1.82, 2.24) is 14.3 Å². The van der Waals surface area contributed by atoms with Crippen molar-refractivity contribution in [2.24, 2.45) is 0 Å². The van der Waals surface area contributed by atoms with Crippen molar-refractivity contribution in [3.63, 3.8) is 0 Å². The summed E-state index contributed by atoms with van der Waals surface area (Å²) in [7, 11) is -2.00. The average molecular weight is 338 g/mol. The molecule has 1 aliphatic rings. The molecule has 23 heavy (non-hydrogen) atoms. The van der Waals surface area contributed by atoms with Crippen LogP contribution >= 0.6 is 0 Å². The Morgan fingerprint density at radius 1 is 1.22 bits per heavy atom. The van der Waals surface area contributed by atoms with Gasteiger partial charge in [0.15, 0.2) is 5.82 Å². The third kappa shape index (κ3) is 3.25. The predicted molar refractivity (Wildman–Crippen MR) is 81.2 cm³/mol. The molecule has 9 heteroatoms. The molecule has 2 heterocycles.